The van der Waals surface area contributed by atoms with Crippen molar-refractivity contribution >= 4 is 17.3 Å². The van der Waals surface area contributed by atoms with Gasteiger partial charge in [0.15, 0.2) is 0 Å². The molecule has 118 valence electrons. The van der Waals surface area contributed by atoms with E-state index in [0.29, 0.717) is 0 Å². The average Bonchev–Trinajstić information content (AvgIpc) is 3.04. The summed E-state index contributed by atoms with van der Waals surface area (Å²) in [5.74, 6) is 0. The van der Waals surface area contributed by atoms with Gasteiger partial charge in [-0.1, -0.05) is 29.8 Å². The van der Waals surface area contributed by atoms with Crippen molar-refractivity contribution in [1.29, 1.82) is 0 Å². The highest BCUT2D eigenvalue weighted by molar-refractivity contribution is 6.31. The lowest BCUT2D eigenvalue weighted by Crippen LogP contribution is -2.30. The minimum Gasteiger partial charge on any atom is -0.282 e. The van der Waals surface area contributed by atoms with Crippen LogP contribution in [0, 0.1) is 0 Å². The van der Waals surface area contributed by atoms with Crippen LogP contribution >= 0.6 is 11.6 Å². The molecule has 0 radical (unpaired) electrons. The molecule has 0 aliphatic heterocycles. The van der Waals surface area contributed by atoms with E-state index in [4.69, 9.17) is 11.6 Å². The van der Waals surface area contributed by atoms with Crippen LogP contribution in [0.25, 0.3) is 0 Å². The molecule has 0 saturated carbocycles. The first-order chi connectivity index (χ1) is 11.3. The van der Waals surface area contributed by atoms with Gasteiger partial charge in [-0.3, -0.25) is 14.7 Å². The Bertz CT molecular complexity index is 752. The Morgan fingerprint density at radius 3 is 2.52 bits per heavy atom. The van der Waals surface area contributed by atoms with Crippen molar-refractivity contribution in [2.24, 2.45) is 0 Å². The fourth-order valence-electron chi connectivity index (χ4n) is 2.78. The van der Waals surface area contributed by atoms with E-state index in [1.165, 1.54) is 11.3 Å². The van der Waals surface area contributed by atoms with Crippen molar-refractivity contribution in [2.75, 3.05) is 11.6 Å². The number of nitrogens with zero attached hydrogens (tertiary/aromatic N) is 3. The molecule has 1 aromatic carbocycles. The van der Waals surface area contributed by atoms with Crippen LogP contribution in [-0.2, 0) is 12.8 Å². The third-order valence-corrected chi connectivity index (χ3v) is 4.31. The third kappa shape index (κ3) is 3.57. The SMILES string of the molecule is CCN(c1ccncc1)n1cccc1CCc1ccccc1Cl. The molecule has 0 unspecified atom stereocenters. The van der Waals surface area contributed by atoms with Gasteiger partial charge in [-0.25, -0.2) is 0 Å². The fourth-order valence-corrected chi connectivity index (χ4v) is 3.01. The van der Waals surface area contributed by atoms with Crippen LogP contribution in [0.4, 0.5) is 5.69 Å². The Kier molecular flexibility index (Phi) is 4.99. The molecule has 2 aromatic heterocycles. The van der Waals surface area contributed by atoms with E-state index in [2.05, 4.69) is 46.0 Å². The van der Waals surface area contributed by atoms with Crippen LogP contribution in [0.15, 0.2) is 67.1 Å². The summed E-state index contributed by atoms with van der Waals surface area (Å²) in [4.78, 5) is 4.10. The maximum absolute atomic E-state index is 6.27. The largest absolute Gasteiger partial charge is 0.282 e. The number of aryl methyl sites for hydroxylation is 2. The Hall–Kier alpha value is -2.26. The number of anilines is 1. The first-order valence-electron chi connectivity index (χ1n) is 7.87. The number of benzene rings is 1. The van der Waals surface area contributed by atoms with Crippen LogP contribution in [0.2, 0.25) is 5.02 Å². The highest BCUT2D eigenvalue weighted by Gasteiger charge is 2.10. The minimum atomic E-state index is 0.840. The third-order valence-electron chi connectivity index (χ3n) is 3.94. The summed E-state index contributed by atoms with van der Waals surface area (Å²) in [5, 5.41) is 3.08. The quantitative estimate of drug-likeness (QED) is 0.660. The molecule has 0 spiro atoms. The zero-order valence-corrected chi connectivity index (χ0v) is 13.9. The molecule has 0 N–H and O–H groups in total. The molecule has 3 aromatic rings. The van der Waals surface area contributed by atoms with E-state index < -0.39 is 0 Å². The van der Waals surface area contributed by atoms with Crippen molar-refractivity contribution in [3.63, 3.8) is 0 Å². The lowest BCUT2D eigenvalue weighted by Gasteiger charge is -2.26. The van der Waals surface area contributed by atoms with E-state index in [0.717, 1.165) is 30.1 Å². The monoisotopic (exact) mass is 325 g/mol. The molecule has 3 rings (SSSR count). The highest BCUT2D eigenvalue weighted by Crippen LogP contribution is 2.20. The van der Waals surface area contributed by atoms with Crippen molar-refractivity contribution in [2.45, 2.75) is 19.8 Å². The van der Waals surface area contributed by atoms with Gasteiger partial charge in [0.05, 0.1) is 5.69 Å². The van der Waals surface area contributed by atoms with E-state index in [1.54, 1.807) is 0 Å². The Morgan fingerprint density at radius 2 is 1.78 bits per heavy atom. The van der Waals surface area contributed by atoms with E-state index in [1.807, 2.05) is 42.7 Å². The zero-order chi connectivity index (χ0) is 16.1. The highest BCUT2D eigenvalue weighted by atomic mass is 35.5. The van der Waals surface area contributed by atoms with Gasteiger partial charge in [0.1, 0.15) is 0 Å². The van der Waals surface area contributed by atoms with Crippen molar-refractivity contribution < 1.29 is 0 Å². The molecule has 0 fully saturated rings. The first-order valence-corrected chi connectivity index (χ1v) is 8.25. The van der Waals surface area contributed by atoms with Gasteiger partial charge in [-0.05, 0) is 55.7 Å². The van der Waals surface area contributed by atoms with E-state index in [9.17, 15) is 0 Å². The molecule has 3 nitrogen and oxygen atoms in total. The topological polar surface area (TPSA) is 21.1 Å². The normalized spacial score (nSPS) is 10.7. The van der Waals surface area contributed by atoms with E-state index in [-0.39, 0.29) is 0 Å². The second-order valence-electron chi connectivity index (χ2n) is 5.36. The smallest absolute Gasteiger partial charge is 0.0608 e. The standard InChI is InChI=1S/C19H20ClN3/c1-2-22(18-11-13-21-14-12-18)23-15-5-7-17(23)10-9-16-6-3-4-8-19(16)20/h3-8,11-15H,2,9-10H2,1H3. The van der Waals surface area contributed by atoms with Gasteiger partial charge in [0.2, 0.25) is 0 Å². The minimum absolute atomic E-state index is 0.840. The Morgan fingerprint density at radius 1 is 1.00 bits per heavy atom. The van der Waals surface area contributed by atoms with Gasteiger partial charge in [-0.15, -0.1) is 0 Å². The molecule has 0 aliphatic carbocycles. The van der Waals surface area contributed by atoms with Crippen LogP contribution in [0.5, 0.6) is 0 Å². The predicted octanol–water partition coefficient (Wildman–Crippen LogP) is 4.61. The first kappa shape index (κ1) is 15.6. The summed E-state index contributed by atoms with van der Waals surface area (Å²) in [6, 6.07) is 16.4. The number of rotatable bonds is 6. The molecule has 4 heteroatoms. The number of aromatic nitrogens is 2. The van der Waals surface area contributed by atoms with Crippen molar-refractivity contribution in [1.82, 2.24) is 9.66 Å². The number of hydrogen-bond acceptors (Lipinski definition) is 2. The second kappa shape index (κ2) is 7.34. The van der Waals surface area contributed by atoms with Crippen LogP contribution in [0.3, 0.4) is 0 Å². The molecular formula is C19H20ClN3. The summed E-state index contributed by atoms with van der Waals surface area (Å²) >= 11 is 6.27. The summed E-state index contributed by atoms with van der Waals surface area (Å²) in [6.07, 6.45) is 7.62. The van der Waals surface area contributed by atoms with Gasteiger partial charge in [-0.2, -0.15) is 0 Å². The molecular weight excluding hydrogens is 306 g/mol. The summed E-state index contributed by atoms with van der Waals surface area (Å²) in [6.45, 7) is 3.04. The molecule has 2 heterocycles. The predicted molar refractivity (Wildman–Crippen MR) is 95.9 cm³/mol. The molecule has 0 bridgehead atoms. The van der Waals surface area contributed by atoms with Crippen LogP contribution in [0.1, 0.15) is 18.2 Å². The lowest BCUT2D eigenvalue weighted by molar-refractivity contribution is 0.672. The fraction of sp³-hybridized carbons (Fsp3) is 0.211. The molecule has 0 atom stereocenters. The van der Waals surface area contributed by atoms with Crippen LogP contribution in [-0.4, -0.2) is 16.2 Å². The van der Waals surface area contributed by atoms with Crippen molar-refractivity contribution in [3.8, 4) is 0 Å². The molecule has 23 heavy (non-hydrogen) atoms. The Labute approximate surface area is 142 Å². The maximum atomic E-state index is 6.27. The summed E-state index contributed by atoms with van der Waals surface area (Å²) in [5.41, 5.74) is 3.59. The average molecular weight is 326 g/mol. The maximum Gasteiger partial charge on any atom is 0.0608 e. The van der Waals surface area contributed by atoms with Gasteiger partial charge < -0.3 is 0 Å². The summed E-state index contributed by atoms with van der Waals surface area (Å²) in [7, 11) is 0. The van der Waals surface area contributed by atoms with Gasteiger partial charge in [0, 0.05) is 35.9 Å². The molecule has 0 amide bonds. The number of halogens is 1. The van der Waals surface area contributed by atoms with Gasteiger partial charge in [0.25, 0.3) is 0 Å². The molecule has 0 saturated heterocycles. The lowest BCUT2D eigenvalue weighted by atomic mass is 10.1. The summed E-state index contributed by atoms with van der Waals surface area (Å²) < 4.78 is 2.21. The second-order valence-corrected chi connectivity index (χ2v) is 5.76. The number of pyridine rings is 1. The Balaban J connectivity index is 1.80. The van der Waals surface area contributed by atoms with E-state index >= 15 is 0 Å². The number of hydrogen-bond donors (Lipinski definition) is 0. The van der Waals surface area contributed by atoms with Crippen LogP contribution < -0.4 is 5.01 Å². The van der Waals surface area contributed by atoms with Gasteiger partial charge >= 0.3 is 0 Å². The van der Waals surface area contributed by atoms with Crippen molar-refractivity contribution in [3.05, 3.63) is 83.4 Å². The zero-order valence-electron chi connectivity index (χ0n) is 13.2. The molecule has 0 aliphatic rings.